The molecule has 2 aromatic carbocycles. The van der Waals surface area contributed by atoms with Gasteiger partial charge < -0.3 is 18.9 Å². The first-order valence-corrected chi connectivity index (χ1v) is 8.77. The zero-order valence-electron chi connectivity index (χ0n) is 15.9. The van der Waals surface area contributed by atoms with Crippen LogP contribution in [0.1, 0.15) is 5.56 Å². The number of terminal acetylenes is 1. The van der Waals surface area contributed by atoms with Crippen molar-refractivity contribution in [2.24, 2.45) is 0 Å². The van der Waals surface area contributed by atoms with E-state index in [0.717, 1.165) is 22.2 Å². The maximum absolute atomic E-state index is 5.87. The van der Waals surface area contributed by atoms with Crippen LogP contribution in [0.5, 0.6) is 11.5 Å². The summed E-state index contributed by atoms with van der Waals surface area (Å²) in [5.74, 6) is 3.85. The minimum Gasteiger partial charge on any atom is -0.487 e. The van der Waals surface area contributed by atoms with Crippen molar-refractivity contribution in [3.05, 3.63) is 48.3 Å². The molecule has 3 rings (SSSR count). The molecule has 0 spiro atoms. The van der Waals surface area contributed by atoms with Crippen LogP contribution in [-0.4, -0.2) is 50.6 Å². The number of hydrogen-bond donors (Lipinski definition) is 0. The first-order chi connectivity index (χ1) is 13.8. The van der Waals surface area contributed by atoms with Crippen molar-refractivity contribution in [2.45, 2.75) is 0 Å². The summed E-state index contributed by atoms with van der Waals surface area (Å²) in [5, 5.41) is 0.816. The molecule has 1 radical (unpaired) electrons. The number of rotatable bonds is 9. The van der Waals surface area contributed by atoms with E-state index in [0.29, 0.717) is 43.5 Å². The van der Waals surface area contributed by atoms with Crippen LogP contribution in [0.4, 0.5) is 0 Å². The molecule has 3 aromatic rings. The van der Waals surface area contributed by atoms with Gasteiger partial charge in [0.1, 0.15) is 19.5 Å². The summed E-state index contributed by atoms with van der Waals surface area (Å²) in [4.78, 5) is 8.85. The number of benzene rings is 2. The van der Waals surface area contributed by atoms with E-state index in [9.17, 15) is 0 Å². The van der Waals surface area contributed by atoms with E-state index in [4.69, 9.17) is 25.4 Å². The molecule has 1 aromatic heterocycles. The van der Waals surface area contributed by atoms with Crippen molar-refractivity contribution in [1.29, 1.82) is 0 Å². The Labute approximate surface area is 164 Å². The second-order valence-corrected chi connectivity index (χ2v) is 5.84. The third-order valence-corrected chi connectivity index (χ3v) is 4.07. The molecule has 28 heavy (non-hydrogen) atoms. The highest BCUT2D eigenvalue weighted by atomic mass is 16.5. The molecule has 0 aliphatic heterocycles. The van der Waals surface area contributed by atoms with Crippen LogP contribution in [-0.2, 0) is 9.47 Å². The van der Waals surface area contributed by atoms with Gasteiger partial charge >= 0.3 is 0 Å². The summed E-state index contributed by atoms with van der Waals surface area (Å²) in [7, 11) is 3.25. The van der Waals surface area contributed by atoms with Crippen LogP contribution in [0.3, 0.4) is 0 Å². The van der Waals surface area contributed by atoms with Crippen molar-refractivity contribution in [2.75, 3.05) is 40.6 Å². The van der Waals surface area contributed by atoms with Gasteiger partial charge in [0.15, 0.2) is 11.5 Å². The standard InChI is InChI=1S/C22H21N2O4/c1-4-16-7-5-6-8-17(16)22-18-13-20(27-11-9-25-2)21(28-12-10-26-3)14-19(18)23-15-24-22/h1,6-8,13-15H,9-12H2,2-3H3. The van der Waals surface area contributed by atoms with Gasteiger partial charge in [-0.05, 0) is 18.2 Å². The molecule has 6 nitrogen and oxygen atoms in total. The number of hydrogen-bond acceptors (Lipinski definition) is 6. The van der Waals surface area contributed by atoms with Crippen molar-refractivity contribution >= 4 is 10.9 Å². The fraction of sp³-hybridized carbons (Fsp3) is 0.273. The molecule has 0 saturated carbocycles. The Kier molecular flexibility index (Phi) is 6.79. The van der Waals surface area contributed by atoms with Gasteiger partial charge in [-0.1, -0.05) is 18.1 Å². The fourth-order valence-corrected chi connectivity index (χ4v) is 2.73. The number of ether oxygens (including phenoxy) is 4. The summed E-state index contributed by atoms with van der Waals surface area (Å²) in [6, 6.07) is 12.2. The number of aromatic nitrogens is 2. The van der Waals surface area contributed by atoms with Crippen molar-refractivity contribution in [3.8, 4) is 35.1 Å². The predicted molar refractivity (Wildman–Crippen MR) is 106 cm³/mol. The van der Waals surface area contributed by atoms with E-state index in [-0.39, 0.29) is 0 Å². The average Bonchev–Trinajstić information content (AvgIpc) is 2.73. The van der Waals surface area contributed by atoms with Crippen LogP contribution in [0.15, 0.2) is 36.7 Å². The molecule has 143 valence electrons. The van der Waals surface area contributed by atoms with Crippen LogP contribution < -0.4 is 9.47 Å². The molecule has 0 unspecified atom stereocenters. The minimum atomic E-state index is 0.390. The minimum absolute atomic E-state index is 0.390. The zero-order chi connectivity index (χ0) is 19.8. The number of fused-ring (bicyclic) bond motifs is 1. The van der Waals surface area contributed by atoms with E-state index in [2.05, 4.69) is 22.0 Å². The molecule has 0 fully saturated rings. The SMILES string of the molecule is C#Cc1c[c]ccc1-c1ncnc2cc(OCCOC)c(OCCOC)cc12. The molecule has 0 bridgehead atoms. The molecule has 0 aliphatic carbocycles. The quantitative estimate of drug-likeness (QED) is 0.422. The molecule has 0 aliphatic rings. The Balaban J connectivity index is 2.09. The van der Waals surface area contributed by atoms with Gasteiger partial charge in [-0.2, -0.15) is 0 Å². The summed E-state index contributed by atoms with van der Waals surface area (Å²) in [6.45, 7) is 1.72. The van der Waals surface area contributed by atoms with Crippen LogP contribution in [0.25, 0.3) is 22.2 Å². The van der Waals surface area contributed by atoms with Crippen molar-refractivity contribution in [3.63, 3.8) is 0 Å². The molecule has 0 atom stereocenters. The first kappa shape index (κ1) is 19.6. The molecule has 6 heteroatoms. The van der Waals surface area contributed by atoms with E-state index in [1.165, 1.54) is 6.33 Å². The molecule has 1 heterocycles. The summed E-state index contributed by atoms with van der Waals surface area (Å²) >= 11 is 0. The lowest BCUT2D eigenvalue weighted by Crippen LogP contribution is -2.09. The lowest BCUT2D eigenvalue weighted by Gasteiger charge is -2.15. The average molecular weight is 377 g/mol. The van der Waals surface area contributed by atoms with E-state index < -0.39 is 0 Å². The third-order valence-electron chi connectivity index (χ3n) is 4.07. The number of nitrogens with zero attached hydrogens (tertiary/aromatic N) is 2. The predicted octanol–water partition coefficient (Wildman–Crippen LogP) is 3.13. The Morgan fingerprint density at radius 2 is 1.71 bits per heavy atom. The van der Waals surface area contributed by atoms with Gasteiger partial charge in [-0.25, -0.2) is 9.97 Å². The summed E-state index contributed by atoms with van der Waals surface area (Å²) in [5.41, 5.74) is 3.01. The topological polar surface area (TPSA) is 62.7 Å². The largest absolute Gasteiger partial charge is 0.487 e. The molecule has 0 amide bonds. The molecular weight excluding hydrogens is 356 g/mol. The van der Waals surface area contributed by atoms with Gasteiger partial charge in [-0.3, -0.25) is 0 Å². The van der Waals surface area contributed by atoms with E-state index in [1.54, 1.807) is 20.3 Å². The van der Waals surface area contributed by atoms with Gasteiger partial charge in [0.2, 0.25) is 0 Å². The van der Waals surface area contributed by atoms with Crippen LogP contribution >= 0.6 is 0 Å². The lowest BCUT2D eigenvalue weighted by atomic mass is 10.0. The maximum atomic E-state index is 5.87. The van der Waals surface area contributed by atoms with Gasteiger partial charge in [0, 0.05) is 36.8 Å². The Morgan fingerprint density at radius 3 is 2.39 bits per heavy atom. The summed E-state index contributed by atoms with van der Waals surface area (Å²) < 4.78 is 21.8. The second-order valence-electron chi connectivity index (χ2n) is 5.84. The first-order valence-electron chi connectivity index (χ1n) is 8.77. The second kappa shape index (κ2) is 9.70. The molecule has 0 N–H and O–H groups in total. The van der Waals surface area contributed by atoms with Crippen molar-refractivity contribution < 1.29 is 18.9 Å². The van der Waals surface area contributed by atoms with Gasteiger partial charge in [0.25, 0.3) is 0 Å². The summed E-state index contributed by atoms with van der Waals surface area (Å²) in [6.07, 6.45) is 7.16. The van der Waals surface area contributed by atoms with Crippen LogP contribution in [0, 0.1) is 18.4 Å². The highest BCUT2D eigenvalue weighted by Crippen LogP contribution is 2.36. The Morgan fingerprint density at radius 1 is 1.00 bits per heavy atom. The van der Waals surface area contributed by atoms with Crippen LogP contribution in [0.2, 0.25) is 0 Å². The van der Waals surface area contributed by atoms with E-state index in [1.807, 2.05) is 24.3 Å². The monoisotopic (exact) mass is 377 g/mol. The van der Waals surface area contributed by atoms with Gasteiger partial charge in [0.05, 0.1) is 24.4 Å². The van der Waals surface area contributed by atoms with Gasteiger partial charge in [-0.15, -0.1) is 6.42 Å². The van der Waals surface area contributed by atoms with E-state index >= 15 is 0 Å². The Bertz CT molecular complexity index is 982. The fourth-order valence-electron chi connectivity index (χ4n) is 2.73. The smallest absolute Gasteiger partial charge is 0.163 e. The highest BCUT2D eigenvalue weighted by molar-refractivity contribution is 5.95. The lowest BCUT2D eigenvalue weighted by molar-refractivity contribution is 0.132. The highest BCUT2D eigenvalue weighted by Gasteiger charge is 2.15. The van der Waals surface area contributed by atoms with Crippen molar-refractivity contribution in [1.82, 2.24) is 9.97 Å². The zero-order valence-corrected chi connectivity index (χ0v) is 15.9. The normalized spacial score (nSPS) is 10.6. The number of methoxy groups -OCH3 is 2. The maximum Gasteiger partial charge on any atom is 0.163 e. The molecule has 0 saturated heterocycles. The Hall–Kier alpha value is -3.14. The molecular formula is C22H21N2O4. The third kappa shape index (κ3) is 4.39.